The van der Waals surface area contributed by atoms with Crippen LogP contribution in [-0.2, 0) is 35.1 Å². The summed E-state index contributed by atoms with van der Waals surface area (Å²) in [6.45, 7) is 10.8. The number of carbonyl (C=O) groups is 4. The van der Waals surface area contributed by atoms with E-state index in [9.17, 15) is 19.2 Å². The SMILES string of the molecule is CC[C@H](C)[C@@H]([C@@H](CC(=O)N1CCC[C@H]1[C@H](OC)[C@@H](C)C(=O)N[C@@H](Cc1cccc(N)c1)c1nccs1)OC)N(C)C(=O)[C@@H](C(C)C)C12CCC(C1)C(C(N)=O)N2C. The number of amides is 4. The van der Waals surface area contributed by atoms with Crippen LogP contribution < -0.4 is 16.8 Å². The van der Waals surface area contributed by atoms with Gasteiger partial charge in [-0.15, -0.1) is 11.3 Å². The highest BCUT2D eigenvalue weighted by atomic mass is 32.1. The molecule has 11 atom stereocenters. The second-order valence-corrected chi connectivity index (χ2v) is 18.2. The Bertz CT molecular complexity index is 1690. The van der Waals surface area contributed by atoms with Crippen LogP contribution in [0.15, 0.2) is 35.8 Å². The molecular weight excluding hydrogens is 743 g/mol. The number of aromatic nitrogens is 1. The number of hydrogen-bond acceptors (Lipinski definition) is 10. The molecule has 1 aromatic carbocycles. The molecule has 57 heavy (non-hydrogen) atoms. The van der Waals surface area contributed by atoms with Crippen molar-refractivity contribution in [1.82, 2.24) is 25.0 Å². The molecule has 2 aliphatic heterocycles. The second-order valence-electron chi connectivity index (χ2n) is 17.3. The fraction of sp³-hybridized carbons (Fsp3) is 0.698. The maximum atomic E-state index is 14.9. The van der Waals surface area contributed by atoms with E-state index < -0.39 is 23.7 Å². The molecule has 0 radical (unpaired) electrons. The summed E-state index contributed by atoms with van der Waals surface area (Å²) in [4.78, 5) is 66.1. The summed E-state index contributed by atoms with van der Waals surface area (Å²) in [7, 11) is 7.01. The van der Waals surface area contributed by atoms with Gasteiger partial charge < -0.3 is 36.1 Å². The molecule has 2 bridgehead atoms. The summed E-state index contributed by atoms with van der Waals surface area (Å²) in [6.07, 6.45) is 5.95. The molecule has 4 amide bonds. The van der Waals surface area contributed by atoms with Crippen LogP contribution in [0.4, 0.5) is 5.69 Å². The number of hydrogen-bond donors (Lipinski definition) is 3. The van der Waals surface area contributed by atoms with Crippen molar-refractivity contribution in [2.45, 2.75) is 128 Å². The van der Waals surface area contributed by atoms with Gasteiger partial charge in [0.05, 0.1) is 54.6 Å². The minimum atomic E-state index is -0.572. The molecule has 3 unspecified atom stereocenters. The van der Waals surface area contributed by atoms with Crippen LogP contribution in [0.2, 0.25) is 0 Å². The number of nitrogens with one attached hydrogen (secondary N) is 1. The fourth-order valence-electron chi connectivity index (χ4n) is 10.7. The lowest BCUT2D eigenvalue weighted by Crippen LogP contribution is -2.61. The van der Waals surface area contributed by atoms with Gasteiger partial charge in [-0.25, -0.2) is 4.98 Å². The van der Waals surface area contributed by atoms with Crippen molar-refractivity contribution in [2.75, 3.05) is 40.6 Å². The molecule has 1 saturated carbocycles. The Labute approximate surface area is 343 Å². The molecule has 1 aromatic heterocycles. The van der Waals surface area contributed by atoms with Gasteiger partial charge >= 0.3 is 0 Å². The number of methoxy groups -OCH3 is 2. The number of anilines is 1. The minimum absolute atomic E-state index is 0.00698. The highest BCUT2D eigenvalue weighted by Gasteiger charge is 2.62. The molecule has 2 saturated heterocycles. The van der Waals surface area contributed by atoms with Gasteiger partial charge in [0.2, 0.25) is 23.6 Å². The number of ether oxygens (including phenoxy) is 2. The van der Waals surface area contributed by atoms with Crippen LogP contribution in [0, 0.1) is 29.6 Å². The molecule has 0 spiro atoms. The summed E-state index contributed by atoms with van der Waals surface area (Å²) in [5.74, 6) is -1.34. The lowest BCUT2D eigenvalue weighted by atomic mass is 9.74. The van der Waals surface area contributed by atoms with Gasteiger partial charge in [-0.2, -0.15) is 0 Å². The van der Waals surface area contributed by atoms with Gasteiger partial charge in [0.15, 0.2) is 0 Å². The number of likely N-dealkylation sites (N-methyl/N-ethyl adjacent to an activating group) is 2. The molecule has 3 heterocycles. The first-order valence-electron chi connectivity index (χ1n) is 20.8. The Kier molecular flexibility index (Phi) is 14.8. The summed E-state index contributed by atoms with van der Waals surface area (Å²) in [5, 5.41) is 5.92. The van der Waals surface area contributed by atoms with Gasteiger partial charge in [0.1, 0.15) is 5.01 Å². The normalized spacial score (nSPS) is 25.8. The van der Waals surface area contributed by atoms with E-state index in [1.807, 2.05) is 60.5 Å². The molecule has 1 aliphatic carbocycles. The number of nitrogens with two attached hydrogens (primary N) is 2. The van der Waals surface area contributed by atoms with Crippen LogP contribution in [0.25, 0.3) is 0 Å². The summed E-state index contributed by atoms with van der Waals surface area (Å²) < 4.78 is 12.2. The molecule has 3 aliphatic rings. The molecule has 5 rings (SSSR count). The smallest absolute Gasteiger partial charge is 0.235 e. The fourth-order valence-corrected chi connectivity index (χ4v) is 11.4. The van der Waals surface area contributed by atoms with E-state index in [2.05, 4.69) is 42.9 Å². The van der Waals surface area contributed by atoms with Crippen LogP contribution in [0.5, 0.6) is 0 Å². The van der Waals surface area contributed by atoms with Crippen LogP contribution in [0.1, 0.15) is 96.2 Å². The van der Waals surface area contributed by atoms with E-state index in [0.717, 1.165) is 42.7 Å². The Morgan fingerprint density at radius 3 is 2.44 bits per heavy atom. The molecule has 2 aromatic rings. The van der Waals surface area contributed by atoms with Gasteiger partial charge in [0.25, 0.3) is 0 Å². The first-order valence-corrected chi connectivity index (χ1v) is 21.7. The van der Waals surface area contributed by atoms with E-state index in [-0.39, 0.29) is 77.9 Å². The number of thiazole rings is 1. The predicted molar refractivity (Wildman–Crippen MR) is 223 cm³/mol. The highest BCUT2D eigenvalue weighted by molar-refractivity contribution is 7.09. The topological polar surface area (TPSA) is 173 Å². The molecular formula is C43H67N7O6S. The third-order valence-electron chi connectivity index (χ3n) is 13.6. The number of primary amides is 1. The average molecular weight is 810 g/mol. The maximum absolute atomic E-state index is 14.9. The largest absolute Gasteiger partial charge is 0.399 e. The Morgan fingerprint density at radius 1 is 1.12 bits per heavy atom. The molecule has 5 N–H and O–H groups in total. The first kappa shape index (κ1) is 44.5. The van der Waals surface area contributed by atoms with E-state index in [1.165, 1.54) is 11.3 Å². The van der Waals surface area contributed by atoms with Crippen LogP contribution in [0.3, 0.4) is 0 Å². The summed E-state index contributed by atoms with van der Waals surface area (Å²) in [6, 6.07) is 6.20. The van der Waals surface area contributed by atoms with Crippen molar-refractivity contribution in [3.8, 4) is 0 Å². The van der Waals surface area contributed by atoms with Gasteiger partial charge in [-0.1, -0.05) is 53.2 Å². The molecule has 316 valence electrons. The monoisotopic (exact) mass is 809 g/mol. The number of fused-ring (bicyclic) bond motifs is 2. The highest BCUT2D eigenvalue weighted by Crippen LogP contribution is 2.55. The zero-order valence-corrected chi connectivity index (χ0v) is 36.3. The number of nitrogen functional groups attached to an aromatic ring is 1. The number of benzene rings is 1. The average Bonchev–Trinajstić information content (AvgIpc) is 4.00. The van der Waals surface area contributed by atoms with Gasteiger partial charge in [0, 0.05) is 50.6 Å². The number of carbonyl (C=O) groups excluding carboxylic acids is 4. The van der Waals surface area contributed by atoms with Crippen LogP contribution in [-0.4, -0.2) is 114 Å². The summed E-state index contributed by atoms with van der Waals surface area (Å²) in [5.41, 5.74) is 13.1. The van der Waals surface area contributed by atoms with Crippen molar-refractivity contribution < 1.29 is 28.7 Å². The first-order chi connectivity index (χ1) is 27.1. The third-order valence-corrected chi connectivity index (χ3v) is 14.5. The standard InChI is InChI=1S/C43H67N7O6S/c1-10-26(4)36(48(6)42(54)35(25(2)3)43-17-16-29(24-43)37(39(45)52)49(43)7)33(55-8)23-34(51)50-19-12-15-32(50)38(56-9)27(5)40(53)47-31(41-46-18-20-57-41)22-28-13-11-14-30(44)21-28/h11,13-14,18,20-21,25-27,29,31-33,35-38H,10,12,15-17,19,22-24,44H2,1-9H3,(H2,45,52)(H,47,53)/t26-,27+,29?,31-,32-,33+,35+,36-,37?,38+,43?/m0/s1. The lowest BCUT2D eigenvalue weighted by Gasteiger charge is -2.48. The van der Waals surface area contributed by atoms with Gasteiger partial charge in [-0.05, 0) is 81.0 Å². The molecule has 3 fully saturated rings. The zero-order valence-electron chi connectivity index (χ0n) is 35.5. The van der Waals surface area contributed by atoms with E-state index >= 15 is 0 Å². The minimum Gasteiger partial charge on any atom is -0.399 e. The Hall–Kier alpha value is -3.59. The van der Waals surface area contributed by atoms with Crippen molar-refractivity contribution in [3.05, 3.63) is 46.4 Å². The van der Waals surface area contributed by atoms with Gasteiger partial charge in [-0.3, -0.25) is 24.1 Å². The number of likely N-dealkylation sites (tertiary alicyclic amines) is 2. The van der Waals surface area contributed by atoms with Crippen molar-refractivity contribution >= 4 is 40.7 Å². The second kappa shape index (κ2) is 19.0. The lowest BCUT2D eigenvalue weighted by molar-refractivity contribution is -0.153. The van der Waals surface area contributed by atoms with Crippen molar-refractivity contribution in [2.24, 2.45) is 35.3 Å². The predicted octanol–water partition coefficient (Wildman–Crippen LogP) is 4.66. The zero-order chi connectivity index (χ0) is 41.8. The summed E-state index contributed by atoms with van der Waals surface area (Å²) >= 11 is 1.49. The third kappa shape index (κ3) is 9.19. The maximum Gasteiger partial charge on any atom is 0.235 e. The molecule has 14 heteroatoms. The van der Waals surface area contributed by atoms with Crippen molar-refractivity contribution in [3.63, 3.8) is 0 Å². The van der Waals surface area contributed by atoms with E-state index in [1.54, 1.807) is 20.4 Å². The quantitative estimate of drug-likeness (QED) is 0.171. The van der Waals surface area contributed by atoms with Crippen LogP contribution >= 0.6 is 11.3 Å². The number of piperidine rings is 1. The number of rotatable bonds is 19. The molecule has 13 nitrogen and oxygen atoms in total. The van der Waals surface area contributed by atoms with E-state index in [4.69, 9.17) is 20.9 Å². The van der Waals surface area contributed by atoms with E-state index in [0.29, 0.717) is 25.1 Å². The Morgan fingerprint density at radius 2 is 1.86 bits per heavy atom. The van der Waals surface area contributed by atoms with Crippen molar-refractivity contribution in [1.29, 1.82) is 0 Å². The number of nitrogens with zero attached hydrogens (tertiary/aromatic N) is 4. The Balaban J connectivity index is 1.31.